The Labute approximate surface area is 123 Å². The molecule has 2 aromatic heterocycles. The highest BCUT2D eigenvalue weighted by atomic mass is 32.1. The number of hydrogen-bond acceptors (Lipinski definition) is 4. The van der Waals surface area contributed by atoms with E-state index < -0.39 is 0 Å². The number of hydrogen-bond donors (Lipinski definition) is 0. The highest BCUT2D eigenvalue weighted by Gasteiger charge is 2.12. The van der Waals surface area contributed by atoms with Crippen LogP contribution in [-0.4, -0.2) is 23.0 Å². The Morgan fingerprint density at radius 2 is 1.95 bits per heavy atom. The van der Waals surface area contributed by atoms with Crippen molar-refractivity contribution in [3.63, 3.8) is 0 Å². The second kappa shape index (κ2) is 6.16. The molecule has 1 aliphatic heterocycles. The first-order valence-corrected chi connectivity index (χ1v) is 8.74. The van der Waals surface area contributed by atoms with E-state index in [0.717, 1.165) is 12.2 Å². The summed E-state index contributed by atoms with van der Waals surface area (Å²) in [4.78, 5) is 9.98. The zero-order valence-electron chi connectivity index (χ0n) is 11.4. The van der Waals surface area contributed by atoms with Gasteiger partial charge in [0.05, 0.1) is 4.88 Å². The van der Waals surface area contributed by atoms with Crippen molar-refractivity contribution in [1.82, 2.24) is 9.88 Å². The van der Waals surface area contributed by atoms with Gasteiger partial charge in [-0.15, -0.1) is 22.7 Å². The van der Waals surface area contributed by atoms with Gasteiger partial charge in [0.2, 0.25) is 0 Å². The van der Waals surface area contributed by atoms with Crippen molar-refractivity contribution in [2.24, 2.45) is 0 Å². The molecule has 0 amide bonds. The first-order chi connectivity index (χ1) is 9.31. The molecule has 0 aliphatic carbocycles. The Morgan fingerprint density at radius 3 is 2.63 bits per heavy atom. The normalized spacial score (nSPS) is 17.5. The second-order valence-electron chi connectivity index (χ2n) is 5.25. The van der Waals surface area contributed by atoms with Crippen LogP contribution in [-0.2, 0) is 6.54 Å². The van der Waals surface area contributed by atoms with Gasteiger partial charge in [-0.3, -0.25) is 4.90 Å². The standard InChI is InChI=1S/C15H20N2S2/c1-12-11-18-15(16-12)14-7-6-13(19-14)10-17-8-4-2-3-5-9-17/h6-7,11H,2-5,8-10H2,1H3. The molecule has 3 rings (SSSR count). The molecule has 19 heavy (non-hydrogen) atoms. The maximum absolute atomic E-state index is 4.57. The molecule has 102 valence electrons. The molecule has 0 aromatic carbocycles. The van der Waals surface area contributed by atoms with Gasteiger partial charge in [-0.1, -0.05) is 12.8 Å². The van der Waals surface area contributed by atoms with Crippen LogP contribution in [0.1, 0.15) is 36.3 Å². The fraction of sp³-hybridized carbons (Fsp3) is 0.533. The largest absolute Gasteiger partial charge is 0.298 e. The fourth-order valence-corrected chi connectivity index (χ4v) is 4.48. The number of thiazole rings is 1. The van der Waals surface area contributed by atoms with Crippen LogP contribution < -0.4 is 0 Å². The molecule has 3 heterocycles. The van der Waals surface area contributed by atoms with Crippen LogP contribution in [0.5, 0.6) is 0 Å². The van der Waals surface area contributed by atoms with E-state index in [1.165, 1.54) is 53.5 Å². The summed E-state index contributed by atoms with van der Waals surface area (Å²) in [5, 5.41) is 3.30. The summed E-state index contributed by atoms with van der Waals surface area (Å²) >= 11 is 3.66. The number of rotatable bonds is 3. The number of likely N-dealkylation sites (tertiary alicyclic amines) is 1. The van der Waals surface area contributed by atoms with Crippen LogP contribution in [0.15, 0.2) is 17.5 Å². The predicted octanol–water partition coefficient (Wildman–Crippen LogP) is 4.56. The minimum Gasteiger partial charge on any atom is -0.298 e. The average molecular weight is 292 g/mol. The second-order valence-corrected chi connectivity index (χ2v) is 7.28. The molecule has 0 spiro atoms. The van der Waals surface area contributed by atoms with Crippen molar-refractivity contribution >= 4 is 22.7 Å². The van der Waals surface area contributed by atoms with E-state index in [-0.39, 0.29) is 0 Å². The maximum atomic E-state index is 4.57. The highest BCUT2D eigenvalue weighted by molar-refractivity contribution is 7.21. The van der Waals surface area contributed by atoms with Gasteiger partial charge in [0.25, 0.3) is 0 Å². The Hall–Kier alpha value is -0.710. The highest BCUT2D eigenvalue weighted by Crippen LogP contribution is 2.31. The van der Waals surface area contributed by atoms with Crippen molar-refractivity contribution in [2.45, 2.75) is 39.2 Å². The summed E-state index contributed by atoms with van der Waals surface area (Å²) in [6.45, 7) is 5.72. The van der Waals surface area contributed by atoms with Crippen LogP contribution >= 0.6 is 22.7 Å². The third-order valence-electron chi connectivity index (χ3n) is 3.57. The molecule has 0 N–H and O–H groups in total. The quantitative estimate of drug-likeness (QED) is 0.824. The summed E-state index contributed by atoms with van der Waals surface area (Å²) in [6, 6.07) is 4.51. The Balaban J connectivity index is 1.67. The fourth-order valence-electron chi connectivity index (χ4n) is 2.56. The smallest absolute Gasteiger partial charge is 0.133 e. The summed E-state index contributed by atoms with van der Waals surface area (Å²) in [5.74, 6) is 0. The Bertz CT molecular complexity index is 522. The SMILES string of the molecule is Cc1csc(-c2ccc(CN3CCCCCC3)s2)n1. The Kier molecular flexibility index (Phi) is 4.31. The molecular weight excluding hydrogens is 272 g/mol. The van der Waals surface area contributed by atoms with Gasteiger partial charge in [0.15, 0.2) is 0 Å². The predicted molar refractivity (Wildman–Crippen MR) is 83.9 cm³/mol. The molecule has 1 aliphatic rings. The minimum atomic E-state index is 1.12. The lowest BCUT2D eigenvalue weighted by Crippen LogP contribution is -2.23. The van der Waals surface area contributed by atoms with Crippen LogP contribution in [0.2, 0.25) is 0 Å². The molecule has 2 aromatic rings. The minimum absolute atomic E-state index is 1.12. The van der Waals surface area contributed by atoms with Crippen molar-refractivity contribution in [2.75, 3.05) is 13.1 Å². The van der Waals surface area contributed by atoms with E-state index in [4.69, 9.17) is 0 Å². The molecule has 0 atom stereocenters. The number of thiophene rings is 1. The molecular formula is C15H20N2S2. The molecule has 0 unspecified atom stereocenters. The van der Waals surface area contributed by atoms with E-state index >= 15 is 0 Å². The van der Waals surface area contributed by atoms with Gasteiger partial charge in [-0.05, 0) is 45.0 Å². The lowest BCUT2D eigenvalue weighted by atomic mass is 10.2. The van der Waals surface area contributed by atoms with Crippen molar-refractivity contribution < 1.29 is 0 Å². The van der Waals surface area contributed by atoms with Crippen molar-refractivity contribution in [1.29, 1.82) is 0 Å². The maximum Gasteiger partial charge on any atom is 0.133 e. The van der Waals surface area contributed by atoms with Crippen molar-refractivity contribution in [3.8, 4) is 9.88 Å². The van der Waals surface area contributed by atoms with E-state index in [9.17, 15) is 0 Å². The monoisotopic (exact) mass is 292 g/mol. The molecule has 0 saturated carbocycles. The molecule has 1 saturated heterocycles. The molecule has 0 bridgehead atoms. The van der Waals surface area contributed by atoms with Crippen LogP contribution in [0.4, 0.5) is 0 Å². The Morgan fingerprint density at radius 1 is 1.16 bits per heavy atom. The zero-order chi connectivity index (χ0) is 13.1. The molecule has 4 heteroatoms. The topological polar surface area (TPSA) is 16.1 Å². The summed E-state index contributed by atoms with van der Waals surface area (Å²) in [7, 11) is 0. The number of aromatic nitrogens is 1. The first-order valence-electron chi connectivity index (χ1n) is 7.05. The third kappa shape index (κ3) is 3.44. The van der Waals surface area contributed by atoms with Crippen LogP contribution in [0.3, 0.4) is 0 Å². The van der Waals surface area contributed by atoms with Gasteiger partial charge in [-0.2, -0.15) is 0 Å². The van der Waals surface area contributed by atoms with E-state index in [2.05, 4.69) is 34.3 Å². The number of nitrogens with zero attached hydrogens (tertiary/aromatic N) is 2. The van der Waals surface area contributed by atoms with Crippen LogP contribution in [0.25, 0.3) is 9.88 Å². The van der Waals surface area contributed by atoms with Gasteiger partial charge in [0, 0.05) is 22.5 Å². The van der Waals surface area contributed by atoms with Gasteiger partial charge in [-0.25, -0.2) is 4.98 Å². The molecule has 1 fully saturated rings. The first kappa shape index (κ1) is 13.3. The summed E-state index contributed by atoms with van der Waals surface area (Å²) < 4.78 is 0. The molecule has 2 nitrogen and oxygen atoms in total. The lowest BCUT2D eigenvalue weighted by Gasteiger charge is -2.18. The number of aryl methyl sites for hydroxylation is 1. The van der Waals surface area contributed by atoms with Gasteiger partial charge >= 0.3 is 0 Å². The van der Waals surface area contributed by atoms with Crippen LogP contribution in [0, 0.1) is 6.92 Å². The van der Waals surface area contributed by atoms with E-state index in [1.54, 1.807) is 11.3 Å². The van der Waals surface area contributed by atoms with Gasteiger partial charge < -0.3 is 0 Å². The lowest BCUT2D eigenvalue weighted by molar-refractivity contribution is 0.279. The molecule has 0 radical (unpaired) electrons. The van der Waals surface area contributed by atoms with Gasteiger partial charge in [0.1, 0.15) is 5.01 Å². The van der Waals surface area contributed by atoms with Crippen molar-refractivity contribution in [3.05, 3.63) is 28.1 Å². The summed E-state index contributed by atoms with van der Waals surface area (Å²) in [6.07, 6.45) is 5.54. The third-order valence-corrected chi connectivity index (χ3v) is 5.77. The zero-order valence-corrected chi connectivity index (χ0v) is 13.0. The van der Waals surface area contributed by atoms with E-state index in [0.29, 0.717) is 0 Å². The average Bonchev–Trinajstić information content (AvgIpc) is 2.94. The van der Waals surface area contributed by atoms with E-state index in [1.807, 2.05) is 11.3 Å². The summed E-state index contributed by atoms with van der Waals surface area (Å²) in [5.41, 5.74) is 1.13.